The maximum Gasteiger partial charge on any atom is 0.234 e. The van der Waals surface area contributed by atoms with Crippen molar-refractivity contribution in [2.75, 3.05) is 27.3 Å². The summed E-state index contributed by atoms with van der Waals surface area (Å²) in [7, 11) is 3.46. The van der Waals surface area contributed by atoms with Crippen LogP contribution in [0.3, 0.4) is 0 Å². The Morgan fingerprint density at radius 1 is 1.07 bits per heavy atom. The third-order valence-corrected chi connectivity index (χ3v) is 5.27. The normalized spacial score (nSPS) is 13.3. The Morgan fingerprint density at radius 2 is 1.76 bits per heavy atom. The fraction of sp³-hybridized carbons (Fsp3) is 0.292. The van der Waals surface area contributed by atoms with E-state index in [1.807, 2.05) is 67.4 Å². The molecule has 0 bridgehead atoms. The molecule has 0 spiro atoms. The summed E-state index contributed by atoms with van der Waals surface area (Å²) in [5.41, 5.74) is 2.03. The van der Waals surface area contributed by atoms with Gasteiger partial charge in [-0.3, -0.25) is 9.69 Å². The lowest BCUT2D eigenvalue weighted by Gasteiger charge is -2.27. The molecule has 3 aromatic carbocycles. The van der Waals surface area contributed by atoms with Crippen LogP contribution in [-0.2, 0) is 4.79 Å². The molecule has 0 aliphatic heterocycles. The van der Waals surface area contributed by atoms with Gasteiger partial charge in [-0.2, -0.15) is 0 Å². The highest BCUT2D eigenvalue weighted by atomic mass is 16.5. The highest BCUT2D eigenvalue weighted by Crippen LogP contribution is 2.25. The van der Waals surface area contributed by atoms with Gasteiger partial charge in [0.25, 0.3) is 0 Å². The van der Waals surface area contributed by atoms with Crippen LogP contribution in [0.2, 0.25) is 0 Å². The number of nitrogens with one attached hydrogen (secondary N) is 1. The minimum atomic E-state index is -0.264. The third-order valence-electron chi connectivity index (χ3n) is 5.27. The number of nitrogens with zero attached hydrogens (tertiary/aromatic N) is 1. The number of rotatable bonds is 8. The number of aliphatic hydroxyl groups excluding tert-OH is 1. The molecule has 5 nitrogen and oxygen atoms in total. The SMILES string of the molecule is COc1ccc(C(CO)N(C)CC(=O)NC(C)c2cccc3ccccc23)cc1. The first-order valence-electron chi connectivity index (χ1n) is 9.75. The van der Waals surface area contributed by atoms with E-state index in [4.69, 9.17) is 4.74 Å². The number of carbonyl (C=O) groups excluding carboxylic acids is 1. The van der Waals surface area contributed by atoms with Crippen molar-refractivity contribution >= 4 is 16.7 Å². The van der Waals surface area contributed by atoms with E-state index in [1.54, 1.807) is 7.11 Å². The van der Waals surface area contributed by atoms with Crippen LogP contribution in [0.5, 0.6) is 5.75 Å². The second-order valence-electron chi connectivity index (χ2n) is 7.24. The van der Waals surface area contributed by atoms with Crippen molar-refractivity contribution in [1.82, 2.24) is 10.2 Å². The Balaban J connectivity index is 1.66. The van der Waals surface area contributed by atoms with Gasteiger partial charge >= 0.3 is 0 Å². The average molecular weight is 392 g/mol. The van der Waals surface area contributed by atoms with Gasteiger partial charge in [0.1, 0.15) is 5.75 Å². The lowest BCUT2D eigenvalue weighted by atomic mass is 9.99. The van der Waals surface area contributed by atoms with Crippen LogP contribution < -0.4 is 10.1 Å². The van der Waals surface area contributed by atoms with Crippen LogP contribution in [0.15, 0.2) is 66.7 Å². The molecule has 0 aliphatic carbocycles. The Hall–Kier alpha value is -2.89. The molecule has 2 atom stereocenters. The zero-order chi connectivity index (χ0) is 20.8. The molecule has 0 saturated carbocycles. The van der Waals surface area contributed by atoms with Gasteiger partial charge in [-0.25, -0.2) is 0 Å². The number of carbonyl (C=O) groups is 1. The number of ether oxygens (including phenoxy) is 1. The summed E-state index contributed by atoms with van der Waals surface area (Å²) in [4.78, 5) is 14.5. The minimum Gasteiger partial charge on any atom is -0.497 e. The van der Waals surface area contributed by atoms with Gasteiger partial charge in [-0.15, -0.1) is 0 Å². The fourth-order valence-corrected chi connectivity index (χ4v) is 3.65. The van der Waals surface area contributed by atoms with Crippen molar-refractivity contribution in [3.63, 3.8) is 0 Å². The lowest BCUT2D eigenvalue weighted by molar-refractivity contribution is -0.123. The first-order chi connectivity index (χ1) is 14.0. The summed E-state index contributed by atoms with van der Waals surface area (Å²) in [5.74, 6) is 0.676. The third kappa shape index (κ3) is 4.94. The quantitative estimate of drug-likeness (QED) is 0.614. The number of benzene rings is 3. The molecule has 0 heterocycles. The highest BCUT2D eigenvalue weighted by Gasteiger charge is 2.20. The number of likely N-dealkylation sites (N-methyl/N-ethyl adjacent to an activating group) is 1. The van der Waals surface area contributed by atoms with E-state index < -0.39 is 0 Å². The summed E-state index contributed by atoms with van der Waals surface area (Å²) in [6.07, 6.45) is 0. The van der Waals surface area contributed by atoms with Crippen molar-refractivity contribution in [1.29, 1.82) is 0 Å². The Morgan fingerprint density at radius 3 is 2.45 bits per heavy atom. The number of aliphatic hydroxyl groups is 1. The smallest absolute Gasteiger partial charge is 0.234 e. The van der Waals surface area contributed by atoms with Crippen molar-refractivity contribution in [3.05, 3.63) is 77.9 Å². The minimum absolute atomic E-state index is 0.0744. The van der Waals surface area contributed by atoms with Crippen molar-refractivity contribution in [3.8, 4) is 5.75 Å². The molecule has 0 aromatic heterocycles. The molecule has 29 heavy (non-hydrogen) atoms. The molecule has 3 rings (SSSR count). The van der Waals surface area contributed by atoms with Crippen molar-refractivity contribution in [2.45, 2.75) is 19.0 Å². The second-order valence-corrected chi connectivity index (χ2v) is 7.24. The molecule has 0 fully saturated rings. The van der Waals surface area contributed by atoms with Crippen LogP contribution in [0.4, 0.5) is 0 Å². The largest absolute Gasteiger partial charge is 0.497 e. The van der Waals surface area contributed by atoms with Crippen LogP contribution in [0.1, 0.15) is 30.1 Å². The van der Waals surface area contributed by atoms with E-state index in [-0.39, 0.29) is 31.1 Å². The van der Waals surface area contributed by atoms with E-state index >= 15 is 0 Å². The summed E-state index contributed by atoms with van der Waals surface area (Å²) in [6.45, 7) is 2.11. The Bertz CT molecular complexity index is 951. The molecule has 3 aromatic rings. The molecule has 5 heteroatoms. The monoisotopic (exact) mass is 392 g/mol. The molecular weight excluding hydrogens is 364 g/mol. The fourth-order valence-electron chi connectivity index (χ4n) is 3.65. The summed E-state index contributed by atoms with van der Waals surface area (Å²) >= 11 is 0. The molecule has 2 unspecified atom stereocenters. The second kappa shape index (κ2) is 9.54. The predicted octanol–water partition coefficient (Wildman–Crippen LogP) is 3.69. The van der Waals surface area contributed by atoms with Crippen LogP contribution in [-0.4, -0.2) is 43.2 Å². The number of hydrogen-bond acceptors (Lipinski definition) is 4. The summed E-state index contributed by atoms with van der Waals surface area (Å²) in [6, 6.07) is 21.4. The van der Waals surface area contributed by atoms with Gasteiger partial charge in [-0.1, -0.05) is 54.6 Å². The molecular formula is C24H28N2O3. The van der Waals surface area contributed by atoms with Crippen LogP contribution in [0, 0.1) is 0 Å². The van der Waals surface area contributed by atoms with Crippen LogP contribution >= 0.6 is 0 Å². The maximum absolute atomic E-state index is 12.7. The summed E-state index contributed by atoms with van der Waals surface area (Å²) < 4.78 is 5.18. The van der Waals surface area contributed by atoms with Gasteiger partial charge in [0.2, 0.25) is 5.91 Å². The first kappa shape index (κ1) is 20.8. The molecule has 152 valence electrons. The van der Waals surface area contributed by atoms with E-state index in [9.17, 15) is 9.90 Å². The van der Waals surface area contributed by atoms with Gasteiger partial charge in [-0.05, 0) is 48.0 Å². The number of amides is 1. The van der Waals surface area contributed by atoms with Crippen molar-refractivity contribution in [2.24, 2.45) is 0 Å². The van der Waals surface area contributed by atoms with E-state index in [0.717, 1.165) is 27.6 Å². The topological polar surface area (TPSA) is 61.8 Å². The first-order valence-corrected chi connectivity index (χ1v) is 9.75. The van der Waals surface area contributed by atoms with Gasteiger partial charge in [0, 0.05) is 0 Å². The van der Waals surface area contributed by atoms with E-state index in [1.165, 1.54) is 0 Å². The van der Waals surface area contributed by atoms with E-state index in [0.29, 0.717) is 0 Å². The standard InChI is InChI=1S/C24H28N2O3/c1-17(21-10-6-8-18-7-4-5-9-22(18)21)25-24(28)15-26(2)23(16-27)19-11-13-20(29-3)14-12-19/h4-14,17,23,27H,15-16H2,1-3H3,(H,25,28). The zero-order valence-corrected chi connectivity index (χ0v) is 17.1. The zero-order valence-electron chi connectivity index (χ0n) is 17.1. The highest BCUT2D eigenvalue weighted by molar-refractivity contribution is 5.87. The number of fused-ring (bicyclic) bond motifs is 1. The predicted molar refractivity (Wildman–Crippen MR) is 116 cm³/mol. The molecule has 0 radical (unpaired) electrons. The summed E-state index contributed by atoms with van der Waals surface area (Å²) in [5, 5.41) is 15.2. The van der Waals surface area contributed by atoms with Gasteiger partial charge < -0.3 is 15.2 Å². The van der Waals surface area contributed by atoms with Crippen LogP contribution in [0.25, 0.3) is 10.8 Å². The van der Waals surface area contributed by atoms with E-state index in [2.05, 4.69) is 23.5 Å². The number of methoxy groups -OCH3 is 1. The molecule has 1 amide bonds. The molecule has 2 N–H and O–H groups in total. The van der Waals surface area contributed by atoms with Gasteiger partial charge in [0.05, 0.1) is 32.3 Å². The lowest BCUT2D eigenvalue weighted by Crippen LogP contribution is -2.39. The van der Waals surface area contributed by atoms with Gasteiger partial charge in [0.15, 0.2) is 0 Å². The number of hydrogen-bond donors (Lipinski definition) is 2. The Labute approximate surface area is 171 Å². The Kier molecular flexibility index (Phi) is 6.86. The maximum atomic E-state index is 12.7. The molecule has 0 saturated heterocycles. The molecule has 0 aliphatic rings. The average Bonchev–Trinajstić information content (AvgIpc) is 2.74. The van der Waals surface area contributed by atoms with Crippen molar-refractivity contribution < 1.29 is 14.6 Å².